The molecule has 1 amide bonds. The molecule has 0 unspecified atom stereocenters. The van der Waals surface area contributed by atoms with E-state index >= 15 is 0 Å². The topological polar surface area (TPSA) is 78.0 Å². The van der Waals surface area contributed by atoms with Gasteiger partial charge in [0, 0.05) is 10.4 Å². The number of carbonyl (C=O) groups is 1. The number of thiophene rings is 1. The number of aryl methyl sites for hydroxylation is 3. The van der Waals surface area contributed by atoms with Crippen LogP contribution in [0.25, 0.3) is 21.6 Å². The smallest absolute Gasteiger partial charge is 0.263 e. The third-order valence-electron chi connectivity index (χ3n) is 4.67. The van der Waals surface area contributed by atoms with Crippen molar-refractivity contribution in [2.24, 2.45) is 5.73 Å². The van der Waals surface area contributed by atoms with Crippen molar-refractivity contribution in [2.45, 2.75) is 39.2 Å². The van der Waals surface area contributed by atoms with Crippen LogP contribution in [0.4, 0.5) is 0 Å². The molecule has 0 spiro atoms. The monoisotopic (exact) mass is 353 g/mol. The fraction of sp³-hybridized carbons (Fsp3) is 0.316. The van der Waals surface area contributed by atoms with Crippen molar-refractivity contribution >= 4 is 27.5 Å². The summed E-state index contributed by atoms with van der Waals surface area (Å²) in [4.78, 5) is 31.6. The summed E-state index contributed by atoms with van der Waals surface area (Å²) in [7, 11) is 0. The molecule has 1 aromatic carbocycles. The number of hydrogen-bond donors (Lipinski definition) is 1. The minimum Gasteiger partial charge on any atom is -0.368 e. The number of nitrogens with two attached hydrogens (primary N) is 1. The Labute approximate surface area is 149 Å². The van der Waals surface area contributed by atoms with Crippen LogP contribution in [0.3, 0.4) is 0 Å². The first kappa shape index (κ1) is 16.0. The first-order valence-electron chi connectivity index (χ1n) is 8.45. The zero-order chi connectivity index (χ0) is 17.6. The van der Waals surface area contributed by atoms with Crippen LogP contribution in [0.2, 0.25) is 0 Å². The van der Waals surface area contributed by atoms with Gasteiger partial charge < -0.3 is 5.73 Å². The molecule has 6 heteroatoms. The lowest BCUT2D eigenvalue weighted by Crippen LogP contribution is -2.30. The number of carbonyl (C=O) groups excluding carboxylic acids is 1. The van der Waals surface area contributed by atoms with Gasteiger partial charge in [0.15, 0.2) is 0 Å². The number of hydrogen-bond acceptors (Lipinski definition) is 4. The minimum absolute atomic E-state index is 0.153. The molecule has 3 aromatic rings. The van der Waals surface area contributed by atoms with E-state index in [1.165, 1.54) is 9.44 Å². The van der Waals surface area contributed by atoms with Crippen molar-refractivity contribution in [1.82, 2.24) is 9.55 Å². The molecule has 0 saturated heterocycles. The molecule has 25 heavy (non-hydrogen) atoms. The van der Waals surface area contributed by atoms with Crippen LogP contribution in [0.15, 0.2) is 29.1 Å². The summed E-state index contributed by atoms with van der Waals surface area (Å²) in [6.07, 6.45) is 4.16. The third kappa shape index (κ3) is 2.76. The number of amides is 1. The Bertz CT molecular complexity index is 1050. The summed E-state index contributed by atoms with van der Waals surface area (Å²) in [5.41, 5.74) is 8.27. The summed E-state index contributed by atoms with van der Waals surface area (Å²) in [5, 5.41) is 0.678. The molecule has 0 fully saturated rings. The lowest BCUT2D eigenvalue weighted by Gasteiger charge is -2.13. The highest BCUT2D eigenvalue weighted by Crippen LogP contribution is 2.34. The normalized spacial score (nSPS) is 13.8. The van der Waals surface area contributed by atoms with Crippen LogP contribution in [0.1, 0.15) is 28.8 Å². The average molecular weight is 353 g/mol. The van der Waals surface area contributed by atoms with Gasteiger partial charge in [0.25, 0.3) is 5.56 Å². The lowest BCUT2D eigenvalue weighted by atomic mass is 9.97. The van der Waals surface area contributed by atoms with Gasteiger partial charge in [0.2, 0.25) is 5.91 Å². The maximum Gasteiger partial charge on any atom is 0.263 e. The van der Waals surface area contributed by atoms with Crippen LogP contribution < -0.4 is 11.3 Å². The molecule has 2 heterocycles. The molecule has 0 saturated carbocycles. The molecule has 1 aliphatic carbocycles. The zero-order valence-electron chi connectivity index (χ0n) is 14.0. The maximum atomic E-state index is 13.2. The van der Waals surface area contributed by atoms with E-state index in [0.29, 0.717) is 11.2 Å². The lowest BCUT2D eigenvalue weighted by molar-refractivity contribution is -0.118. The van der Waals surface area contributed by atoms with Gasteiger partial charge in [-0.1, -0.05) is 23.8 Å². The van der Waals surface area contributed by atoms with Crippen molar-refractivity contribution < 1.29 is 4.79 Å². The molecule has 0 radical (unpaired) electrons. The first-order chi connectivity index (χ1) is 12.0. The molecule has 2 N–H and O–H groups in total. The Morgan fingerprint density at radius 3 is 2.88 bits per heavy atom. The van der Waals surface area contributed by atoms with Crippen molar-refractivity contribution in [3.05, 3.63) is 50.6 Å². The number of aromatic nitrogens is 2. The molecule has 128 valence electrons. The van der Waals surface area contributed by atoms with Crippen molar-refractivity contribution in [3.8, 4) is 11.4 Å². The molecule has 0 bridgehead atoms. The second-order valence-corrected chi connectivity index (χ2v) is 7.64. The van der Waals surface area contributed by atoms with Gasteiger partial charge in [0.05, 0.1) is 5.39 Å². The first-order valence-corrected chi connectivity index (χ1v) is 9.26. The van der Waals surface area contributed by atoms with Gasteiger partial charge in [-0.2, -0.15) is 0 Å². The Balaban J connectivity index is 2.04. The largest absolute Gasteiger partial charge is 0.368 e. The molecule has 2 aromatic heterocycles. The number of rotatable bonds is 3. The number of primary amides is 1. The quantitative estimate of drug-likeness (QED) is 0.786. The second kappa shape index (κ2) is 6.11. The number of fused-ring (bicyclic) bond motifs is 3. The molecule has 0 aliphatic heterocycles. The average Bonchev–Trinajstić information content (AvgIpc) is 2.95. The van der Waals surface area contributed by atoms with Crippen LogP contribution in [-0.4, -0.2) is 15.5 Å². The van der Waals surface area contributed by atoms with Gasteiger partial charge in [-0.05, 0) is 44.2 Å². The second-order valence-electron chi connectivity index (χ2n) is 6.55. The van der Waals surface area contributed by atoms with E-state index in [1.54, 1.807) is 11.3 Å². The van der Waals surface area contributed by atoms with Crippen LogP contribution >= 0.6 is 11.3 Å². The summed E-state index contributed by atoms with van der Waals surface area (Å²) in [5.74, 6) is -0.0279. The third-order valence-corrected chi connectivity index (χ3v) is 5.85. The number of benzene rings is 1. The van der Waals surface area contributed by atoms with Gasteiger partial charge in [-0.15, -0.1) is 11.3 Å². The van der Waals surface area contributed by atoms with Gasteiger partial charge in [-0.25, -0.2) is 4.98 Å². The van der Waals surface area contributed by atoms with Gasteiger partial charge >= 0.3 is 0 Å². The fourth-order valence-corrected chi connectivity index (χ4v) is 4.80. The summed E-state index contributed by atoms with van der Waals surface area (Å²) < 4.78 is 1.43. The zero-order valence-corrected chi connectivity index (χ0v) is 14.9. The van der Waals surface area contributed by atoms with E-state index in [0.717, 1.165) is 47.2 Å². The molecular formula is C19H19N3O2S. The molecule has 1 aliphatic rings. The predicted octanol–water partition coefficient (Wildman–Crippen LogP) is 2.80. The Kier molecular flexibility index (Phi) is 3.92. The molecular weight excluding hydrogens is 334 g/mol. The van der Waals surface area contributed by atoms with E-state index < -0.39 is 5.91 Å². The Hall–Kier alpha value is -2.47. The van der Waals surface area contributed by atoms with Crippen molar-refractivity contribution in [2.75, 3.05) is 0 Å². The highest BCUT2D eigenvalue weighted by atomic mass is 32.1. The Morgan fingerprint density at radius 2 is 2.12 bits per heavy atom. The fourth-order valence-electron chi connectivity index (χ4n) is 3.55. The van der Waals surface area contributed by atoms with Crippen LogP contribution in [0, 0.1) is 6.92 Å². The van der Waals surface area contributed by atoms with Crippen LogP contribution in [-0.2, 0) is 24.2 Å². The predicted molar refractivity (Wildman–Crippen MR) is 99.9 cm³/mol. The Morgan fingerprint density at radius 1 is 1.32 bits per heavy atom. The van der Waals surface area contributed by atoms with E-state index in [-0.39, 0.29) is 12.1 Å². The van der Waals surface area contributed by atoms with E-state index in [2.05, 4.69) is 0 Å². The molecule has 4 rings (SSSR count). The summed E-state index contributed by atoms with van der Waals surface area (Å²) >= 11 is 1.61. The van der Waals surface area contributed by atoms with Crippen molar-refractivity contribution in [1.29, 1.82) is 0 Å². The van der Waals surface area contributed by atoms with Crippen LogP contribution in [0.5, 0.6) is 0 Å². The van der Waals surface area contributed by atoms with Gasteiger partial charge in [-0.3, -0.25) is 14.2 Å². The minimum atomic E-state index is -0.541. The standard InChI is InChI=1S/C19H19N3O2S/c1-11-5-4-6-12(9-11)17-21-18-16(19(24)22(17)10-15(20)23)13-7-2-3-8-14(13)25-18/h4-6,9H,2-3,7-8,10H2,1H3,(H2,20,23). The van der Waals surface area contributed by atoms with E-state index in [9.17, 15) is 9.59 Å². The summed E-state index contributed by atoms with van der Waals surface area (Å²) in [6, 6.07) is 7.79. The molecule has 5 nitrogen and oxygen atoms in total. The van der Waals surface area contributed by atoms with Gasteiger partial charge in [0.1, 0.15) is 17.2 Å². The van der Waals surface area contributed by atoms with E-state index in [1.807, 2.05) is 31.2 Å². The molecule has 0 atom stereocenters. The highest BCUT2D eigenvalue weighted by molar-refractivity contribution is 7.18. The summed E-state index contributed by atoms with van der Waals surface area (Å²) in [6.45, 7) is 1.83. The SMILES string of the molecule is Cc1cccc(-c2nc3sc4c(c3c(=O)n2CC(N)=O)CCCC4)c1. The van der Waals surface area contributed by atoms with Crippen molar-refractivity contribution in [3.63, 3.8) is 0 Å². The number of nitrogens with zero attached hydrogens (tertiary/aromatic N) is 2. The maximum absolute atomic E-state index is 13.2. The highest BCUT2D eigenvalue weighted by Gasteiger charge is 2.23. The van der Waals surface area contributed by atoms with E-state index in [4.69, 9.17) is 10.7 Å².